The second kappa shape index (κ2) is 20.4. The fourth-order valence-corrected chi connectivity index (χ4v) is 12.7. The highest BCUT2D eigenvalue weighted by Crippen LogP contribution is 2.43. The molecule has 17 rings (SSSR count). The van der Waals surface area contributed by atoms with Crippen LogP contribution in [-0.2, 0) is 0 Å². The SMILES string of the molecule is c1ccc(-c2nc(-c3ccccc3)nc(-c3ccc(-n4c5ccccc5c5ccc6c(c7ccccc7n6-c6cccc(-c7cccc(-c8nc(-c9ccccc9)nc(-c9ccc(-n%10c%11ccccc%11c%11ccccc%11%10)cc9)n8)c7)c6)c54)cc3)n2)cc1. The van der Waals surface area contributed by atoms with Crippen molar-refractivity contribution >= 4 is 65.4 Å². The Morgan fingerprint density at radius 3 is 1.01 bits per heavy atom. The molecule has 87 heavy (non-hydrogen) atoms. The van der Waals surface area contributed by atoms with Gasteiger partial charge < -0.3 is 13.7 Å². The molecule has 0 saturated heterocycles. The van der Waals surface area contributed by atoms with Crippen molar-refractivity contribution in [1.29, 1.82) is 0 Å². The lowest BCUT2D eigenvalue weighted by Crippen LogP contribution is -2.01. The number of rotatable bonds is 10. The molecule has 0 aliphatic carbocycles. The highest BCUT2D eigenvalue weighted by atomic mass is 15.1. The molecule has 0 aliphatic heterocycles. The van der Waals surface area contributed by atoms with Crippen molar-refractivity contribution in [1.82, 2.24) is 43.6 Å². The molecule has 0 amide bonds. The molecule has 0 fully saturated rings. The maximum absolute atomic E-state index is 5.22. The number of aromatic nitrogens is 9. The highest BCUT2D eigenvalue weighted by Gasteiger charge is 2.23. The first kappa shape index (κ1) is 49.7. The van der Waals surface area contributed by atoms with E-state index in [9.17, 15) is 0 Å². The van der Waals surface area contributed by atoms with E-state index in [0.29, 0.717) is 34.9 Å². The molecule has 0 aliphatic rings. The van der Waals surface area contributed by atoms with E-state index in [1.165, 1.54) is 32.3 Å². The van der Waals surface area contributed by atoms with Crippen molar-refractivity contribution < 1.29 is 0 Å². The minimum atomic E-state index is 0.597. The molecule has 9 heteroatoms. The number of nitrogens with zero attached hydrogens (tertiary/aromatic N) is 9. The zero-order chi connectivity index (χ0) is 57.4. The van der Waals surface area contributed by atoms with E-state index in [1.54, 1.807) is 0 Å². The maximum Gasteiger partial charge on any atom is 0.164 e. The summed E-state index contributed by atoms with van der Waals surface area (Å²) in [6.07, 6.45) is 0. The molecule has 5 heterocycles. The van der Waals surface area contributed by atoms with Gasteiger partial charge in [0.05, 0.1) is 33.1 Å². The Bertz CT molecular complexity index is 5390. The lowest BCUT2D eigenvalue weighted by Gasteiger charge is -2.13. The van der Waals surface area contributed by atoms with Crippen LogP contribution in [0.4, 0.5) is 0 Å². The summed E-state index contributed by atoms with van der Waals surface area (Å²) >= 11 is 0. The molecule has 12 aromatic carbocycles. The Labute approximate surface area is 500 Å². The number of fused-ring (bicyclic) bond motifs is 10. The van der Waals surface area contributed by atoms with Crippen molar-refractivity contribution in [3.8, 4) is 96.5 Å². The average Bonchev–Trinajstić information content (AvgIpc) is 1.64. The van der Waals surface area contributed by atoms with Crippen LogP contribution in [0.15, 0.2) is 297 Å². The van der Waals surface area contributed by atoms with Gasteiger partial charge >= 0.3 is 0 Å². The van der Waals surface area contributed by atoms with E-state index >= 15 is 0 Å². The molecule has 0 unspecified atom stereocenters. The van der Waals surface area contributed by atoms with Gasteiger partial charge in [0, 0.05) is 82.8 Å². The molecule has 9 nitrogen and oxygen atoms in total. The van der Waals surface area contributed by atoms with Crippen molar-refractivity contribution in [2.24, 2.45) is 0 Å². The van der Waals surface area contributed by atoms with Gasteiger partial charge in [0.15, 0.2) is 34.9 Å². The zero-order valence-corrected chi connectivity index (χ0v) is 46.8. The summed E-state index contributed by atoms with van der Waals surface area (Å²) < 4.78 is 7.16. The lowest BCUT2D eigenvalue weighted by atomic mass is 10.0. The highest BCUT2D eigenvalue weighted by molar-refractivity contribution is 6.26. The molecule has 0 N–H and O–H groups in total. The minimum absolute atomic E-state index is 0.597. The fraction of sp³-hybridized carbons (Fsp3) is 0. The van der Waals surface area contributed by atoms with Gasteiger partial charge in [-0.25, -0.2) is 29.9 Å². The molecule has 0 saturated carbocycles. The van der Waals surface area contributed by atoms with Crippen LogP contribution in [0.2, 0.25) is 0 Å². The van der Waals surface area contributed by atoms with Gasteiger partial charge in [-0.15, -0.1) is 0 Å². The summed E-state index contributed by atoms with van der Waals surface area (Å²) in [5.41, 5.74) is 17.6. The summed E-state index contributed by atoms with van der Waals surface area (Å²) in [4.78, 5) is 30.5. The van der Waals surface area contributed by atoms with Crippen molar-refractivity contribution in [2.45, 2.75) is 0 Å². The second-order valence-electron chi connectivity index (χ2n) is 21.9. The molecule has 5 aromatic heterocycles. The topological polar surface area (TPSA) is 92.1 Å². The van der Waals surface area contributed by atoms with Crippen LogP contribution < -0.4 is 0 Å². The first-order chi connectivity index (χ1) is 43.1. The molecule has 17 aromatic rings. The van der Waals surface area contributed by atoms with Crippen LogP contribution in [0.1, 0.15) is 0 Å². The van der Waals surface area contributed by atoms with Crippen molar-refractivity contribution in [2.75, 3.05) is 0 Å². The lowest BCUT2D eigenvalue weighted by molar-refractivity contribution is 1.07. The number of hydrogen-bond acceptors (Lipinski definition) is 6. The van der Waals surface area contributed by atoms with Gasteiger partial charge in [0.25, 0.3) is 0 Å². The Kier molecular flexibility index (Phi) is 11.7. The van der Waals surface area contributed by atoms with Gasteiger partial charge in [-0.3, -0.25) is 0 Å². The first-order valence-electron chi connectivity index (χ1n) is 29.2. The fourth-order valence-electron chi connectivity index (χ4n) is 12.7. The van der Waals surface area contributed by atoms with Gasteiger partial charge in [-0.1, -0.05) is 200 Å². The van der Waals surface area contributed by atoms with Crippen molar-refractivity contribution in [3.63, 3.8) is 0 Å². The van der Waals surface area contributed by atoms with Crippen LogP contribution >= 0.6 is 0 Å². The normalized spacial score (nSPS) is 11.7. The molecule has 0 atom stereocenters. The van der Waals surface area contributed by atoms with Gasteiger partial charge in [-0.05, 0) is 108 Å². The summed E-state index contributed by atoms with van der Waals surface area (Å²) in [6, 6.07) is 104. The predicted molar refractivity (Wildman–Crippen MR) is 354 cm³/mol. The van der Waals surface area contributed by atoms with E-state index in [-0.39, 0.29) is 0 Å². The van der Waals surface area contributed by atoms with Crippen LogP contribution in [0.5, 0.6) is 0 Å². The van der Waals surface area contributed by atoms with Gasteiger partial charge in [0.2, 0.25) is 0 Å². The van der Waals surface area contributed by atoms with Crippen LogP contribution in [0.3, 0.4) is 0 Å². The number of hydrogen-bond donors (Lipinski definition) is 0. The van der Waals surface area contributed by atoms with E-state index in [1.807, 2.05) is 78.9 Å². The Hall–Kier alpha value is -11.9. The van der Waals surface area contributed by atoms with Crippen LogP contribution in [0.25, 0.3) is 162 Å². The van der Waals surface area contributed by atoms with Gasteiger partial charge in [-0.2, -0.15) is 0 Å². The standard InChI is InChI=1S/C78H49N9/c1-4-20-50(21-5-1)73-79-74(51-22-6-2-7-23-51)81-76(80-73)54-40-44-59(45-41-54)87-68-36-16-12-32-63(68)64-46-47-70-71(72(64)87)65-33-13-17-37-69(65)86(70)60-29-19-27-56(49-60)55-26-18-28-57(48-55)78-83-75(52-24-8-3-9-25-52)82-77(84-78)53-38-42-58(43-39-53)85-66-34-14-10-30-61(66)62-31-11-15-35-67(62)85/h1-49H. The summed E-state index contributed by atoms with van der Waals surface area (Å²) in [7, 11) is 0. The third-order valence-corrected chi connectivity index (χ3v) is 16.7. The molecule has 0 bridgehead atoms. The average molecular weight is 1110 g/mol. The molecule has 0 radical (unpaired) electrons. The Morgan fingerprint density at radius 1 is 0.184 bits per heavy atom. The smallest absolute Gasteiger partial charge is 0.164 e. The number of para-hydroxylation sites is 4. The molecule has 406 valence electrons. The second-order valence-corrected chi connectivity index (χ2v) is 21.9. The quantitative estimate of drug-likeness (QED) is 0.135. The van der Waals surface area contributed by atoms with E-state index in [4.69, 9.17) is 29.9 Å². The van der Waals surface area contributed by atoms with E-state index < -0.39 is 0 Å². The number of benzene rings is 12. The van der Waals surface area contributed by atoms with Crippen LogP contribution in [-0.4, -0.2) is 43.6 Å². The summed E-state index contributed by atoms with van der Waals surface area (Å²) in [5.74, 6) is 3.68. The monoisotopic (exact) mass is 1110 g/mol. The maximum atomic E-state index is 5.22. The minimum Gasteiger partial charge on any atom is -0.309 e. The Balaban J connectivity index is 0.757. The largest absolute Gasteiger partial charge is 0.309 e. The summed E-state index contributed by atoms with van der Waals surface area (Å²) in [5, 5.41) is 7.16. The third kappa shape index (κ3) is 8.47. The molecular weight excluding hydrogens is 1060 g/mol. The van der Waals surface area contributed by atoms with Gasteiger partial charge in [0.1, 0.15) is 0 Å². The van der Waals surface area contributed by atoms with E-state index in [2.05, 4.69) is 232 Å². The Morgan fingerprint density at radius 2 is 0.517 bits per heavy atom. The zero-order valence-electron chi connectivity index (χ0n) is 46.8. The van der Waals surface area contributed by atoms with E-state index in [0.717, 1.165) is 94.7 Å². The molecule has 0 spiro atoms. The van der Waals surface area contributed by atoms with Crippen LogP contribution in [0, 0.1) is 0 Å². The summed E-state index contributed by atoms with van der Waals surface area (Å²) in [6.45, 7) is 0. The first-order valence-corrected chi connectivity index (χ1v) is 29.2. The predicted octanol–water partition coefficient (Wildman–Crippen LogP) is 19.0. The third-order valence-electron chi connectivity index (χ3n) is 16.7. The molecular formula is C78H49N9. The van der Waals surface area contributed by atoms with Crippen molar-refractivity contribution in [3.05, 3.63) is 297 Å².